The molecule has 2 aromatic carbocycles. The van der Waals surface area contributed by atoms with E-state index < -0.39 is 0 Å². The van der Waals surface area contributed by atoms with Crippen molar-refractivity contribution in [3.8, 4) is 17.0 Å². The largest absolute Gasteiger partial charge is 0.497 e. The number of ether oxygens (including phenoxy) is 1. The third-order valence-corrected chi connectivity index (χ3v) is 4.88. The van der Waals surface area contributed by atoms with E-state index in [1.54, 1.807) is 18.9 Å². The highest BCUT2D eigenvalue weighted by Gasteiger charge is 2.15. The fourth-order valence-electron chi connectivity index (χ4n) is 2.63. The number of pyridine rings is 1. The predicted octanol–water partition coefficient (Wildman–Crippen LogP) is 5.16. The fraction of sp³-hybridized carbons (Fsp3) is 0.0500. The summed E-state index contributed by atoms with van der Waals surface area (Å²) >= 11 is 1.72. The van der Waals surface area contributed by atoms with Crippen LogP contribution in [-0.4, -0.2) is 16.5 Å². The zero-order chi connectivity index (χ0) is 16.4. The molecular weight excluding hydrogens is 316 g/mol. The Bertz CT molecular complexity index is 979. The summed E-state index contributed by atoms with van der Waals surface area (Å²) in [5.41, 5.74) is 2.96. The molecule has 0 aliphatic carbocycles. The van der Waals surface area contributed by atoms with Gasteiger partial charge in [-0.05, 0) is 36.4 Å². The molecule has 3 nitrogen and oxygen atoms in total. The Balaban J connectivity index is 1.89. The van der Waals surface area contributed by atoms with Crippen LogP contribution in [0.3, 0.4) is 0 Å². The van der Waals surface area contributed by atoms with E-state index in [9.17, 15) is 0 Å². The molecule has 0 amide bonds. The summed E-state index contributed by atoms with van der Waals surface area (Å²) in [5, 5.41) is 1.10. The molecule has 0 aliphatic heterocycles. The average molecular weight is 332 g/mol. The Morgan fingerprint density at radius 2 is 1.75 bits per heavy atom. The van der Waals surface area contributed by atoms with Gasteiger partial charge in [0.25, 0.3) is 0 Å². The standard InChI is InChI=1S/C20H16N2OS/c1-23-16-9-7-8-15(14-16)19-20(24-17-10-3-2-4-11-17)22-13-6-5-12-18(22)21-19/h2-14H,1H3. The molecule has 0 radical (unpaired) electrons. The number of imidazole rings is 1. The van der Waals surface area contributed by atoms with Gasteiger partial charge in [-0.1, -0.05) is 48.2 Å². The lowest BCUT2D eigenvalue weighted by Gasteiger charge is -2.06. The molecule has 4 aromatic rings. The van der Waals surface area contributed by atoms with Gasteiger partial charge in [-0.25, -0.2) is 4.98 Å². The highest BCUT2D eigenvalue weighted by atomic mass is 32.2. The van der Waals surface area contributed by atoms with E-state index in [1.807, 2.05) is 42.5 Å². The van der Waals surface area contributed by atoms with Gasteiger partial charge < -0.3 is 4.74 Å². The van der Waals surface area contributed by atoms with Crippen LogP contribution in [0.5, 0.6) is 5.75 Å². The van der Waals surface area contributed by atoms with Crippen LogP contribution in [-0.2, 0) is 0 Å². The maximum Gasteiger partial charge on any atom is 0.138 e. The number of nitrogens with zero attached hydrogens (tertiary/aromatic N) is 2. The van der Waals surface area contributed by atoms with Gasteiger partial charge in [-0.3, -0.25) is 4.40 Å². The summed E-state index contributed by atoms with van der Waals surface area (Å²) < 4.78 is 7.50. The summed E-state index contributed by atoms with van der Waals surface area (Å²) in [4.78, 5) is 6.03. The molecular formula is C20H16N2OS. The molecule has 0 unspecified atom stereocenters. The summed E-state index contributed by atoms with van der Waals surface area (Å²) in [6.07, 6.45) is 2.05. The van der Waals surface area contributed by atoms with E-state index in [1.165, 1.54) is 4.90 Å². The van der Waals surface area contributed by atoms with Crippen molar-refractivity contribution in [2.45, 2.75) is 9.92 Å². The average Bonchev–Trinajstić information content (AvgIpc) is 3.01. The summed E-state index contributed by atoms with van der Waals surface area (Å²) in [6, 6.07) is 24.5. The molecule has 2 heterocycles. The Hall–Kier alpha value is -2.72. The summed E-state index contributed by atoms with van der Waals surface area (Å²) in [7, 11) is 1.68. The van der Waals surface area contributed by atoms with Crippen molar-refractivity contribution in [3.63, 3.8) is 0 Å². The molecule has 0 N–H and O–H groups in total. The van der Waals surface area contributed by atoms with Crippen LogP contribution < -0.4 is 4.74 Å². The van der Waals surface area contributed by atoms with Crippen molar-refractivity contribution in [1.82, 2.24) is 9.38 Å². The van der Waals surface area contributed by atoms with Crippen LogP contribution in [0.1, 0.15) is 0 Å². The fourth-order valence-corrected chi connectivity index (χ4v) is 3.66. The number of methoxy groups -OCH3 is 1. The smallest absolute Gasteiger partial charge is 0.138 e. The van der Waals surface area contributed by atoms with E-state index in [2.05, 4.69) is 40.9 Å². The van der Waals surface area contributed by atoms with Crippen LogP contribution >= 0.6 is 11.8 Å². The Kier molecular flexibility index (Phi) is 3.97. The number of hydrogen-bond donors (Lipinski definition) is 0. The normalized spacial score (nSPS) is 10.9. The summed E-state index contributed by atoms with van der Waals surface area (Å²) in [5.74, 6) is 0.834. The molecule has 0 aliphatic rings. The molecule has 118 valence electrons. The first kappa shape index (κ1) is 14.8. The van der Waals surface area contributed by atoms with Gasteiger partial charge in [-0.15, -0.1) is 0 Å². The highest BCUT2D eigenvalue weighted by Crippen LogP contribution is 2.37. The van der Waals surface area contributed by atoms with E-state index in [4.69, 9.17) is 9.72 Å². The lowest BCUT2D eigenvalue weighted by molar-refractivity contribution is 0.415. The van der Waals surface area contributed by atoms with E-state index in [0.717, 1.165) is 27.7 Å². The second-order valence-electron chi connectivity index (χ2n) is 5.34. The number of hydrogen-bond acceptors (Lipinski definition) is 3. The minimum absolute atomic E-state index is 0.834. The molecule has 24 heavy (non-hydrogen) atoms. The van der Waals surface area contributed by atoms with Crippen LogP contribution in [0.25, 0.3) is 16.9 Å². The molecule has 0 saturated heterocycles. The second kappa shape index (κ2) is 6.42. The third kappa shape index (κ3) is 2.76. The lowest BCUT2D eigenvalue weighted by atomic mass is 10.1. The van der Waals surface area contributed by atoms with Crippen LogP contribution in [0.15, 0.2) is 88.9 Å². The number of benzene rings is 2. The third-order valence-electron chi connectivity index (χ3n) is 3.79. The molecule has 2 aromatic heterocycles. The van der Waals surface area contributed by atoms with Crippen LogP contribution in [0.2, 0.25) is 0 Å². The molecule has 4 heteroatoms. The van der Waals surface area contributed by atoms with Gasteiger partial charge in [0.1, 0.15) is 22.1 Å². The zero-order valence-corrected chi connectivity index (χ0v) is 14.0. The first-order valence-corrected chi connectivity index (χ1v) is 8.51. The SMILES string of the molecule is COc1cccc(-c2nc3ccccn3c2Sc2ccccc2)c1. The number of rotatable bonds is 4. The Morgan fingerprint density at radius 3 is 2.58 bits per heavy atom. The highest BCUT2D eigenvalue weighted by molar-refractivity contribution is 7.99. The first-order chi connectivity index (χ1) is 11.8. The maximum atomic E-state index is 5.37. The topological polar surface area (TPSA) is 26.5 Å². The van der Waals surface area contributed by atoms with E-state index in [0.29, 0.717) is 0 Å². The Labute approximate surface area is 144 Å². The number of aromatic nitrogens is 2. The summed E-state index contributed by atoms with van der Waals surface area (Å²) in [6.45, 7) is 0. The Morgan fingerprint density at radius 1 is 0.917 bits per heavy atom. The molecule has 0 spiro atoms. The molecule has 4 rings (SSSR count). The van der Waals surface area contributed by atoms with Gasteiger partial charge in [0.05, 0.1) is 7.11 Å². The molecule has 0 saturated carbocycles. The van der Waals surface area contributed by atoms with Gasteiger partial charge in [0.15, 0.2) is 0 Å². The molecule has 0 bridgehead atoms. The van der Waals surface area contributed by atoms with Crippen molar-refractivity contribution in [2.75, 3.05) is 7.11 Å². The van der Waals surface area contributed by atoms with Gasteiger partial charge in [0.2, 0.25) is 0 Å². The minimum Gasteiger partial charge on any atom is -0.497 e. The van der Waals surface area contributed by atoms with Crippen molar-refractivity contribution < 1.29 is 4.74 Å². The molecule has 0 atom stereocenters. The van der Waals surface area contributed by atoms with Crippen LogP contribution in [0, 0.1) is 0 Å². The van der Waals surface area contributed by atoms with Crippen molar-refractivity contribution in [2.24, 2.45) is 0 Å². The van der Waals surface area contributed by atoms with Crippen molar-refractivity contribution in [1.29, 1.82) is 0 Å². The molecule has 0 fully saturated rings. The maximum absolute atomic E-state index is 5.37. The van der Waals surface area contributed by atoms with Gasteiger partial charge in [-0.2, -0.15) is 0 Å². The number of fused-ring (bicyclic) bond motifs is 1. The van der Waals surface area contributed by atoms with Crippen molar-refractivity contribution >= 4 is 17.4 Å². The van der Waals surface area contributed by atoms with Crippen molar-refractivity contribution in [3.05, 3.63) is 79.0 Å². The first-order valence-electron chi connectivity index (χ1n) is 7.69. The zero-order valence-electron chi connectivity index (χ0n) is 13.2. The predicted molar refractivity (Wildman–Crippen MR) is 97.7 cm³/mol. The quantitative estimate of drug-likeness (QED) is 0.516. The minimum atomic E-state index is 0.834. The van der Waals surface area contributed by atoms with Gasteiger partial charge >= 0.3 is 0 Å². The van der Waals surface area contributed by atoms with E-state index >= 15 is 0 Å². The van der Waals surface area contributed by atoms with Gasteiger partial charge in [0, 0.05) is 16.7 Å². The monoisotopic (exact) mass is 332 g/mol. The lowest BCUT2D eigenvalue weighted by Crippen LogP contribution is -1.87. The van der Waals surface area contributed by atoms with Crippen LogP contribution in [0.4, 0.5) is 0 Å². The van der Waals surface area contributed by atoms with E-state index in [-0.39, 0.29) is 0 Å². The second-order valence-corrected chi connectivity index (χ2v) is 6.40.